The molecule has 8 nitrogen and oxygen atoms in total. The fourth-order valence-electron chi connectivity index (χ4n) is 4.18. The molecule has 0 saturated carbocycles. The summed E-state index contributed by atoms with van der Waals surface area (Å²) in [5.74, 6) is -1.31. The molecular weight excluding hydrogens is 466 g/mol. The van der Waals surface area contributed by atoms with Crippen LogP contribution in [-0.4, -0.2) is 40.7 Å². The zero-order chi connectivity index (χ0) is 24.9. The van der Waals surface area contributed by atoms with E-state index in [0.717, 1.165) is 22.3 Å². The van der Waals surface area contributed by atoms with Crippen LogP contribution in [0.15, 0.2) is 53.9 Å². The second-order valence-electron chi connectivity index (χ2n) is 8.57. The van der Waals surface area contributed by atoms with E-state index in [0.29, 0.717) is 11.4 Å². The number of aromatic nitrogens is 1. The van der Waals surface area contributed by atoms with Crippen molar-refractivity contribution >= 4 is 29.3 Å². The van der Waals surface area contributed by atoms with Gasteiger partial charge < -0.3 is 20.5 Å². The van der Waals surface area contributed by atoms with Crippen LogP contribution in [0.25, 0.3) is 11.1 Å². The Morgan fingerprint density at radius 1 is 1.03 bits per heavy atom. The minimum absolute atomic E-state index is 0.0230. The number of carbonyl (C=O) groups is 3. The zero-order valence-electron chi connectivity index (χ0n) is 19.5. The van der Waals surface area contributed by atoms with Gasteiger partial charge in [-0.2, -0.15) is 0 Å². The molecule has 0 aliphatic heterocycles. The number of nitrogens with zero attached hydrogens (tertiary/aromatic N) is 1. The highest BCUT2D eigenvalue weighted by atomic mass is 32.1. The molecule has 4 rings (SSSR count). The summed E-state index contributed by atoms with van der Waals surface area (Å²) < 4.78 is 5.58. The fourth-order valence-corrected chi connectivity index (χ4v) is 4.99. The van der Waals surface area contributed by atoms with E-state index in [9.17, 15) is 14.4 Å². The van der Waals surface area contributed by atoms with Gasteiger partial charge in [-0.15, -0.1) is 11.3 Å². The zero-order valence-corrected chi connectivity index (χ0v) is 20.3. The number of fused-ring (bicyclic) bond motifs is 3. The van der Waals surface area contributed by atoms with Crippen molar-refractivity contribution in [3.8, 4) is 11.1 Å². The average Bonchev–Trinajstić information content (AvgIpc) is 3.45. The van der Waals surface area contributed by atoms with Gasteiger partial charge in [-0.25, -0.2) is 9.78 Å². The van der Waals surface area contributed by atoms with Crippen LogP contribution in [0.1, 0.15) is 65.3 Å². The molecular formula is C26H27N3O5S. The lowest BCUT2D eigenvalue weighted by molar-refractivity contribution is -0.137. The summed E-state index contributed by atoms with van der Waals surface area (Å²) in [4.78, 5) is 39.9. The lowest BCUT2D eigenvalue weighted by Crippen LogP contribution is -2.33. The molecule has 2 unspecified atom stereocenters. The third-order valence-electron chi connectivity index (χ3n) is 5.97. The van der Waals surface area contributed by atoms with E-state index in [2.05, 4.69) is 39.9 Å². The van der Waals surface area contributed by atoms with Gasteiger partial charge in [0.25, 0.3) is 5.91 Å². The Labute approximate surface area is 207 Å². The summed E-state index contributed by atoms with van der Waals surface area (Å²) in [5, 5.41) is 16.5. The van der Waals surface area contributed by atoms with Gasteiger partial charge in [0.1, 0.15) is 17.3 Å². The number of benzene rings is 2. The predicted octanol–water partition coefficient (Wildman–Crippen LogP) is 4.73. The first-order chi connectivity index (χ1) is 16.8. The summed E-state index contributed by atoms with van der Waals surface area (Å²) in [7, 11) is 0. The normalized spacial score (nSPS) is 13.9. The summed E-state index contributed by atoms with van der Waals surface area (Å²) in [6.07, 6.45) is -0.245. The van der Waals surface area contributed by atoms with Crippen molar-refractivity contribution in [1.29, 1.82) is 0 Å². The summed E-state index contributed by atoms with van der Waals surface area (Å²) in [6, 6.07) is 15.6. The van der Waals surface area contributed by atoms with Gasteiger partial charge in [-0.1, -0.05) is 48.5 Å². The second kappa shape index (κ2) is 10.7. The van der Waals surface area contributed by atoms with E-state index in [-0.39, 0.29) is 36.6 Å². The van der Waals surface area contributed by atoms with Crippen molar-refractivity contribution < 1.29 is 24.2 Å². The molecule has 9 heteroatoms. The van der Waals surface area contributed by atoms with Crippen LogP contribution in [0.4, 0.5) is 4.79 Å². The van der Waals surface area contributed by atoms with E-state index in [1.54, 1.807) is 19.2 Å². The van der Waals surface area contributed by atoms with Crippen LogP contribution in [0, 0.1) is 0 Å². The van der Waals surface area contributed by atoms with Crippen LogP contribution >= 0.6 is 11.3 Å². The van der Waals surface area contributed by atoms with Gasteiger partial charge in [-0.05, 0) is 42.5 Å². The van der Waals surface area contributed by atoms with Gasteiger partial charge in [0.15, 0.2) is 0 Å². The standard InChI is InChI=1S/C26H27N3O5S/c1-15(11-12-23(30)31)27-24(32)22-14-35-25(29-22)16(2)28-26(33)34-13-21-19-9-5-3-7-17(19)18-8-4-6-10-20(18)21/h3-10,14-16,21H,11-13H2,1-2H3,(H,27,32)(H,28,33)(H,30,31). The highest BCUT2D eigenvalue weighted by Gasteiger charge is 2.29. The van der Waals surface area contributed by atoms with Gasteiger partial charge in [0.2, 0.25) is 0 Å². The Morgan fingerprint density at radius 2 is 1.66 bits per heavy atom. The Balaban J connectivity index is 1.32. The number of ether oxygens (including phenoxy) is 1. The first-order valence-corrected chi connectivity index (χ1v) is 12.3. The molecule has 1 aliphatic carbocycles. The maximum absolute atomic E-state index is 12.5. The molecule has 3 N–H and O–H groups in total. The number of nitrogens with one attached hydrogen (secondary N) is 2. The topological polar surface area (TPSA) is 118 Å². The third kappa shape index (κ3) is 5.68. The summed E-state index contributed by atoms with van der Waals surface area (Å²) >= 11 is 1.26. The van der Waals surface area contributed by atoms with Crippen LogP contribution in [-0.2, 0) is 9.53 Å². The molecule has 182 valence electrons. The fraction of sp³-hybridized carbons (Fsp3) is 0.308. The molecule has 2 amide bonds. The summed E-state index contributed by atoms with van der Waals surface area (Å²) in [6.45, 7) is 3.74. The maximum atomic E-state index is 12.5. The van der Waals surface area contributed by atoms with Crippen molar-refractivity contribution in [3.05, 3.63) is 75.7 Å². The first kappa shape index (κ1) is 24.4. The van der Waals surface area contributed by atoms with Crippen LogP contribution < -0.4 is 10.6 Å². The molecule has 2 aromatic carbocycles. The molecule has 0 radical (unpaired) electrons. The Kier molecular flexibility index (Phi) is 7.45. The Morgan fingerprint density at radius 3 is 2.29 bits per heavy atom. The SMILES string of the molecule is CC(CCC(=O)O)NC(=O)c1csc(C(C)NC(=O)OCC2c3ccccc3-c3ccccc32)n1. The molecule has 0 saturated heterocycles. The van der Waals surface area contributed by atoms with E-state index < -0.39 is 18.1 Å². The van der Waals surface area contributed by atoms with Crippen molar-refractivity contribution in [2.75, 3.05) is 6.61 Å². The van der Waals surface area contributed by atoms with Gasteiger partial charge in [-0.3, -0.25) is 9.59 Å². The number of thiazole rings is 1. The lowest BCUT2D eigenvalue weighted by Gasteiger charge is -2.16. The maximum Gasteiger partial charge on any atom is 0.407 e. The molecule has 0 bridgehead atoms. The predicted molar refractivity (Wildman–Crippen MR) is 133 cm³/mol. The largest absolute Gasteiger partial charge is 0.481 e. The summed E-state index contributed by atoms with van der Waals surface area (Å²) in [5.41, 5.74) is 4.84. The Hall–Kier alpha value is -3.72. The molecule has 1 heterocycles. The number of carboxylic acid groups (broad SMARTS) is 1. The van der Waals surface area contributed by atoms with Gasteiger partial charge >= 0.3 is 12.1 Å². The smallest absolute Gasteiger partial charge is 0.407 e. The first-order valence-electron chi connectivity index (χ1n) is 11.4. The molecule has 1 aliphatic rings. The molecule has 0 spiro atoms. The minimum atomic E-state index is -0.907. The molecule has 0 fully saturated rings. The van der Waals surface area contributed by atoms with E-state index in [1.807, 2.05) is 24.3 Å². The highest BCUT2D eigenvalue weighted by Crippen LogP contribution is 2.44. The number of carboxylic acids is 1. The van der Waals surface area contributed by atoms with Crippen LogP contribution in [0.2, 0.25) is 0 Å². The third-order valence-corrected chi connectivity index (χ3v) is 7.00. The van der Waals surface area contributed by atoms with Crippen LogP contribution in [0.5, 0.6) is 0 Å². The van der Waals surface area contributed by atoms with Crippen LogP contribution in [0.3, 0.4) is 0 Å². The van der Waals surface area contributed by atoms with Crippen molar-refractivity contribution in [1.82, 2.24) is 15.6 Å². The Bertz CT molecular complexity index is 1200. The molecule has 3 aromatic rings. The minimum Gasteiger partial charge on any atom is -0.481 e. The molecule has 35 heavy (non-hydrogen) atoms. The highest BCUT2D eigenvalue weighted by molar-refractivity contribution is 7.09. The van der Waals surface area contributed by atoms with Gasteiger partial charge in [0, 0.05) is 23.8 Å². The second-order valence-corrected chi connectivity index (χ2v) is 9.46. The molecule has 2 atom stereocenters. The number of amides is 2. The van der Waals surface area contributed by atoms with Gasteiger partial charge in [0.05, 0.1) is 6.04 Å². The number of aliphatic carboxylic acids is 1. The number of alkyl carbamates (subject to hydrolysis) is 1. The lowest BCUT2D eigenvalue weighted by atomic mass is 9.98. The van der Waals surface area contributed by atoms with E-state index >= 15 is 0 Å². The average molecular weight is 494 g/mol. The molecule has 1 aromatic heterocycles. The number of hydrogen-bond donors (Lipinski definition) is 3. The van der Waals surface area contributed by atoms with Crippen molar-refractivity contribution in [2.45, 2.75) is 44.7 Å². The number of carbonyl (C=O) groups excluding carboxylic acids is 2. The number of rotatable bonds is 9. The number of hydrogen-bond acceptors (Lipinski definition) is 6. The van der Waals surface area contributed by atoms with Crippen molar-refractivity contribution in [2.24, 2.45) is 0 Å². The van der Waals surface area contributed by atoms with E-state index in [1.165, 1.54) is 11.3 Å². The quantitative estimate of drug-likeness (QED) is 0.397. The van der Waals surface area contributed by atoms with Crippen molar-refractivity contribution in [3.63, 3.8) is 0 Å². The van der Waals surface area contributed by atoms with E-state index in [4.69, 9.17) is 9.84 Å². The monoisotopic (exact) mass is 493 g/mol.